The Morgan fingerprint density at radius 2 is 1.97 bits per heavy atom. The predicted molar refractivity (Wildman–Crippen MR) is 120 cm³/mol. The maximum Gasteiger partial charge on any atom is 0.262 e. The number of benzene rings is 1. The lowest BCUT2D eigenvalue weighted by Gasteiger charge is -2.08. The maximum absolute atomic E-state index is 12.7. The molecule has 1 amide bonds. The number of carbonyl (C=O) groups excluding carboxylic acids is 1. The number of imidazole rings is 1. The highest BCUT2D eigenvalue weighted by Crippen LogP contribution is 2.27. The number of nitrogens with zero attached hydrogens (tertiary/aromatic N) is 4. The van der Waals surface area contributed by atoms with Crippen molar-refractivity contribution in [1.29, 1.82) is 0 Å². The highest BCUT2D eigenvalue weighted by molar-refractivity contribution is 7.99. The number of hydrogen-bond donors (Lipinski definition) is 1. The van der Waals surface area contributed by atoms with Gasteiger partial charge in [-0.25, -0.2) is 9.97 Å². The van der Waals surface area contributed by atoms with Crippen LogP contribution >= 0.6 is 23.1 Å². The van der Waals surface area contributed by atoms with Crippen LogP contribution in [0.15, 0.2) is 57.8 Å². The second-order valence-electron chi connectivity index (χ2n) is 6.95. The van der Waals surface area contributed by atoms with Gasteiger partial charge < -0.3 is 9.88 Å². The summed E-state index contributed by atoms with van der Waals surface area (Å²) in [6.45, 7) is 4.21. The van der Waals surface area contributed by atoms with E-state index >= 15 is 0 Å². The van der Waals surface area contributed by atoms with E-state index in [1.165, 1.54) is 22.2 Å². The van der Waals surface area contributed by atoms with Crippen molar-refractivity contribution in [2.45, 2.75) is 36.9 Å². The molecule has 0 radical (unpaired) electrons. The van der Waals surface area contributed by atoms with Crippen LogP contribution in [0.3, 0.4) is 0 Å². The minimum atomic E-state index is -0.148. The predicted octanol–water partition coefficient (Wildman–Crippen LogP) is 3.99. The zero-order chi connectivity index (χ0) is 21.3. The Morgan fingerprint density at radius 3 is 2.67 bits per heavy atom. The van der Waals surface area contributed by atoms with Gasteiger partial charge in [0.05, 0.1) is 11.7 Å². The number of rotatable bonds is 6. The Labute approximate surface area is 181 Å². The molecule has 30 heavy (non-hydrogen) atoms. The van der Waals surface area contributed by atoms with Gasteiger partial charge in [-0.15, -0.1) is 11.3 Å². The summed E-state index contributed by atoms with van der Waals surface area (Å²) in [5.41, 5.74) is 1.59. The monoisotopic (exact) mass is 439 g/mol. The van der Waals surface area contributed by atoms with Crippen LogP contribution in [-0.2, 0) is 18.4 Å². The maximum atomic E-state index is 12.7. The van der Waals surface area contributed by atoms with Gasteiger partial charge in [0.1, 0.15) is 4.83 Å². The Balaban J connectivity index is 1.37. The van der Waals surface area contributed by atoms with Gasteiger partial charge in [-0.05, 0) is 43.7 Å². The van der Waals surface area contributed by atoms with Crippen molar-refractivity contribution in [1.82, 2.24) is 19.1 Å². The molecular weight excluding hydrogens is 418 g/mol. The van der Waals surface area contributed by atoms with Crippen LogP contribution in [0.2, 0.25) is 0 Å². The quantitative estimate of drug-likeness (QED) is 0.491. The third-order valence-electron chi connectivity index (χ3n) is 4.86. The molecule has 3 aromatic heterocycles. The number of thiophene rings is 1. The standard InChI is InChI=1S/C21H21N5O2S2/c1-13-14(2)29-19-18(13)20(28)26(12-23-19)10-8-17(27)24-15-4-6-16(7-5-15)30-21-22-9-11-25(21)3/h4-7,9,11-12H,8,10H2,1-3H3,(H,24,27). The molecule has 0 saturated carbocycles. The van der Waals surface area contributed by atoms with Crippen LogP contribution in [0.25, 0.3) is 10.2 Å². The van der Waals surface area contributed by atoms with Gasteiger partial charge >= 0.3 is 0 Å². The first kappa shape index (κ1) is 20.4. The van der Waals surface area contributed by atoms with Crippen molar-refractivity contribution in [3.05, 3.63) is 63.8 Å². The van der Waals surface area contributed by atoms with E-state index in [1.54, 1.807) is 18.0 Å². The molecule has 0 aliphatic rings. The van der Waals surface area contributed by atoms with Crippen molar-refractivity contribution in [2.75, 3.05) is 5.32 Å². The smallest absolute Gasteiger partial charge is 0.262 e. The van der Waals surface area contributed by atoms with Gasteiger partial charge in [-0.2, -0.15) is 0 Å². The zero-order valence-electron chi connectivity index (χ0n) is 16.9. The molecule has 0 fully saturated rings. The minimum absolute atomic E-state index is 0.0923. The molecule has 9 heteroatoms. The van der Waals surface area contributed by atoms with Crippen molar-refractivity contribution >= 4 is 44.9 Å². The van der Waals surface area contributed by atoms with E-state index in [0.29, 0.717) is 5.39 Å². The molecule has 1 aromatic carbocycles. The molecule has 1 N–H and O–H groups in total. The molecule has 0 atom stereocenters. The molecule has 0 spiro atoms. The third kappa shape index (κ3) is 4.17. The Morgan fingerprint density at radius 1 is 1.20 bits per heavy atom. The SMILES string of the molecule is Cc1sc2ncn(CCC(=O)Nc3ccc(Sc4nccn4C)cc3)c(=O)c2c1C. The first-order chi connectivity index (χ1) is 14.4. The van der Waals surface area contributed by atoms with E-state index < -0.39 is 0 Å². The zero-order valence-corrected chi connectivity index (χ0v) is 18.5. The van der Waals surface area contributed by atoms with E-state index in [-0.39, 0.29) is 24.4 Å². The molecule has 3 heterocycles. The molecular formula is C21H21N5O2S2. The molecule has 0 aliphatic heterocycles. The van der Waals surface area contributed by atoms with Crippen LogP contribution in [0, 0.1) is 13.8 Å². The average molecular weight is 440 g/mol. The summed E-state index contributed by atoms with van der Waals surface area (Å²) in [6.07, 6.45) is 5.38. The molecule has 154 valence electrons. The number of fused-ring (bicyclic) bond motifs is 1. The number of aryl methyl sites for hydroxylation is 4. The largest absolute Gasteiger partial charge is 0.329 e. The topological polar surface area (TPSA) is 81.8 Å². The number of aromatic nitrogens is 4. The lowest BCUT2D eigenvalue weighted by molar-refractivity contribution is -0.116. The summed E-state index contributed by atoms with van der Waals surface area (Å²) in [6, 6.07) is 7.61. The van der Waals surface area contributed by atoms with Crippen molar-refractivity contribution < 1.29 is 4.79 Å². The van der Waals surface area contributed by atoms with Gasteiger partial charge in [0.15, 0.2) is 5.16 Å². The van der Waals surface area contributed by atoms with E-state index in [0.717, 1.165) is 31.0 Å². The van der Waals surface area contributed by atoms with Gasteiger partial charge in [-0.3, -0.25) is 14.2 Å². The van der Waals surface area contributed by atoms with Crippen molar-refractivity contribution in [2.24, 2.45) is 7.05 Å². The summed E-state index contributed by atoms with van der Waals surface area (Å²) >= 11 is 3.08. The highest BCUT2D eigenvalue weighted by Gasteiger charge is 2.13. The average Bonchev–Trinajstić information content (AvgIpc) is 3.25. The summed E-state index contributed by atoms with van der Waals surface area (Å²) in [4.78, 5) is 36.6. The van der Waals surface area contributed by atoms with Crippen LogP contribution in [0.5, 0.6) is 0 Å². The molecule has 4 aromatic rings. The number of anilines is 1. The van der Waals surface area contributed by atoms with E-state index in [1.807, 2.05) is 55.9 Å². The first-order valence-corrected chi connectivity index (χ1v) is 11.1. The highest BCUT2D eigenvalue weighted by atomic mass is 32.2. The van der Waals surface area contributed by atoms with Gasteiger partial charge in [-0.1, -0.05) is 11.8 Å². The normalized spacial score (nSPS) is 11.2. The first-order valence-electron chi connectivity index (χ1n) is 9.42. The Bertz CT molecular complexity index is 1270. The Hall–Kier alpha value is -2.91. The third-order valence-corrected chi connectivity index (χ3v) is 7.06. The summed E-state index contributed by atoms with van der Waals surface area (Å²) in [5, 5.41) is 4.43. The fraction of sp³-hybridized carbons (Fsp3) is 0.238. The van der Waals surface area contributed by atoms with Gasteiger partial charge in [0.2, 0.25) is 5.91 Å². The van der Waals surface area contributed by atoms with Crippen LogP contribution < -0.4 is 10.9 Å². The summed E-state index contributed by atoms with van der Waals surface area (Å²) in [7, 11) is 1.95. The molecule has 4 rings (SSSR count). The van der Waals surface area contributed by atoms with Gasteiger partial charge in [0.25, 0.3) is 5.56 Å². The lowest BCUT2D eigenvalue weighted by Crippen LogP contribution is -2.23. The number of nitrogens with one attached hydrogen (secondary N) is 1. The fourth-order valence-corrected chi connectivity index (χ4v) is 4.83. The molecule has 7 nitrogen and oxygen atoms in total. The van der Waals surface area contributed by atoms with E-state index in [9.17, 15) is 9.59 Å². The molecule has 0 saturated heterocycles. The number of hydrogen-bond acceptors (Lipinski definition) is 6. The van der Waals surface area contributed by atoms with Crippen LogP contribution in [0.4, 0.5) is 5.69 Å². The van der Waals surface area contributed by atoms with E-state index in [2.05, 4.69) is 15.3 Å². The van der Waals surface area contributed by atoms with Crippen LogP contribution in [-0.4, -0.2) is 25.0 Å². The van der Waals surface area contributed by atoms with Crippen molar-refractivity contribution in [3.8, 4) is 0 Å². The second-order valence-corrected chi connectivity index (χ2v) is 9.20. The second kappa shape index (κ2) is 8.45. The number of amides is 1. The van der Waals surface area contributed by atoms with Gasteiger partial charge in [0, 0.05) is 47.9 Å². The lowest BCUT2D eigenvalue weighted by atomic mass is 10.2. The molecule has 0 bridgehead atoms. The Kier molecular flexibility index (Phi) is 5.74. The van der Waals surface area contributed by atoms with Crippen LogP contribution in [0.1, 0.15) is 16.9 Å². The molecule has 0 unspecified atom stereocenters. The summed E-state index contributed by atoms with van der Waals surface area (Å²) in [5.74, 6) is -0.148. The van der Waals surface area contributed by atoms with E-state index in [4.69, 9.17) is 0 Å². The fourth-order valence-electron chi connectivity index (χ4n) is 3.04. The number of carbonyl (C=O) groups is 1. The summed E-state index contributed by atoms with van der Waals surface area (Å²) < 4.78 is 3.46. The van der Waals surface area contributed by atoms with Crippen molar-refractivity contribution in [3.63, 3.8) is 0 Å². The molecule has 0 aliphatic carbocycles. The minimum Gasteiger partial charge on any atom is -0.329 e.